The van der Waals surface area contributed by atoms with Gasteiger partial charge in [0, 0.05) is 0 Å². The van der Waals surface area contributed by atoms with Gasteiger partial charge in [-0.2, -0.15) is 0 Å². The zero-order valence-corrected chi connectivity index (χ0v) is 3.34. The maximum atomic E-state index is 9.46. The summed E-state index contributed by atoms with van der Waals surface area (Å²) in [6.07, 6.45) is 0.590. The lowest BCUT2D eigenvalue weighted by atomic mass is 10.6. The number of carbonyl (C=O) groups is 1. The smallest absolute Gasteiger partial charge is 0.336 e. The van der Waals surface area contributed by atoms with Crippen LogP contribution in [0.1, 0.15) is 0 Å². The SMILES string of the molecule is O=C=C=CC(=O)O. The minimum absolute atomic E-state index is 0.590. The van der Waals surface area contributed by atoms with E-state index in [2.05, 4.69) is 0 Å². The molecule has 36 valence electrons. The van der Waals surface area contributed by atoms with Gasteiger partial charge in [0.25, 0.3) is 0 Å². The van der Waals surface area contributed by atoms with E-state index < -0.39 is 5.97 Å². The molecule has 0 aromatic rings. The fraction of sp³-hybridized carbons (Fsp3) is 0. The molecule has 0 unspecified atom stereocenters. The molecule has 0 aromatic heterocycles. The summed E-state index contributed by atoms with van der Waals surface area (Å²) in [6.45, 7) is 0. The van der Waals surface area contributed by atoms with Crippen LogP contribution in [0.25, 0.3) is 0 Å². The van der Waals surface area contributed by atoms with Gasteiger partial charge < -0.3 is 5.11 Å². The molecule has 0 fully saturated rings. The maximum absolute atomic E-state index is 9.46. The van der Waals surface area contributed by atoms with Crippen LogP contribution in [-0.4, -0.2) is 17.0 Å². The first-order chi connectivity index (χ1) is 3.27. The van der Waals surface area contributed by atoms with Crippen molar-refractivity contribution in [3.05, 3.63) is 11.8 Å². The van der Waals surface area contributed by atoms with Crippen molar-refractivity contribution in [3.63, 3.8) is 0 Å². The Labute approximate surface area is 39.6 Å². The third kappa shape index (κ3) is 4.70. The highest BCUT2D eigenvalue weighted by Crippen LogP contribution is 1.58. The second kappa shape index (κ2) is 2.91. The summed E-state index contributed by atoms with van der Waals surface area (Å²) in [5.74, 6) is -0.0287. The van der Waals surface area contributed by atoms with Crippen molar-refractivity contribution in [2.24, 2.45) is 0 Å². The molecule has 0 aliphatic carbocycles. The van der Waals surface area contributed by atoms with Crippen molar-refractivity contribution in [2.45, 2.75) is 0 Å². The number of hydrogen-bond acceptors (Lipinski definition) is 2. The van der Waals surface area contributed by atoms with E-state index in [4.69, 9.17) is 5.11 Å². The Morgan fingerprint density at radius 1 is 1.71 bits per heavy atom. The molecule has 0 aliphatic rings. The van der Waals surface area contributed by atoms with E-state index in [9.17, 15) is 9.59 Å². The third-order valence-corrected chi connectivity index (χ3v) is 0.255. The Kier molecular flexibility index (Phi) is 2.37. The van der Waals surface area contributed by atoms with Crippen LogP contribution in [0, 0.1) is 0 Å². The van der Waals surface area contributed by atoms with Crippen LogP contribution in [0.3, 0.4) is 0 Å². The highest BCUT2D eigenvalue weighted by molar-refractivity contribution is 5.80. The molecular weight excluding hydrogens is 96.0 g/mol. The molecule has 0 spiro atoms. The fourth-order valence-corrected chi connectivity index (χ4v) is 0.0912. The Morgan fingerprint density at radius 3 is 2.43 bits per heavy atom. The van der Waals surface area contributed by atoms with E-state index in [-0.39, 0.29) is 0 Å². The Balaban J connectivity index is 3.96. The van der Waals surface area contributed by atoms with Crippen LogP contribution in [0.4, 0.5) is 0 Å². The van der Waals surface area contributed by atoms with Gasteiger partial charge in [-0.1, -0.05) is 0 Å². The van der Waals surface area contributed by atoms with Gasteiger partial charge in [0.05, 0.1) is 6.08 Å². The summed E-state index contributed by atoms with van der Waals surface area (Å²) < 4.78 is 0. The van der Waals surface area contributed by atoms with Crippen molar-refractivity contribution in [2.75, 3.05) is 0 Å². The molecule has 0 amide bonds. The van der Waals surface area contributed by atoms with Crippen LogP contribution >= 0.6 is 0 Å². The number of carbonyl (C=O) groups excluding carboxylic acids is 1. The molecule has 0 bridgehead atoms. The van der Waals surface area contributed by atoms with Crippen molar-refractivity contribution in [3.8, 4) is 0 Å². The lowest BCUT2D eigenvalue weighted by Crippen LogP contribution is -1.83. The van der Waals surface area contributed by atoms with Crippen LogP contribution in [0.2, 0.25) is 0 Å². The molecule has 0 aromatic carbocycles. The summed E-state index contributed by atoms with van der Waals surface area (Å²) in [5.41, 5.74) is 1.72. The van der Waals surface area contributed by atoms with Crippen molar-refractivity contribution < 1.29 is 14.7 Å². The number of hydrogen-bond donors (Lipinski definition) is 1. The zero-order valence-electron chi connectivity index (χ0n) is 3.34. The minimum atomic E-state index is -1.19. The third-order valence-electron chi connectivity index (χ3n) is 0.255. The molecule has 0 heterocycles. The lowest BCUT2D eigenvalue weighted by molar-refractivity contribution is -0.131. The van der Waals surface area contributed by atoms with E-state index >= 15 is 0 Å². The number of carboxylic acid groups (broad SMARTS) is 1. The van der Waals surface area contributed by atoms with Gasteiger partial charge >= 0.3 is 5.97 Å². The first-order valence-electron chi connectivity index (χ1n) is 1.46. The number of aliphatic carboxylic acids is 1. The molecule has 0 radical (unpaired) electrons. The lowest BCUT2D eigenvalue weighted by Gasteiger charge is -1.64. The van der Waals surface area contributed by atoms with E-state index in [1.807, 2.05) is 0 Å². The molecule has 0 atom stereocenters. The van der Waals surface area contributed by atoms with Gasteiger partial charge in [-0.25, -0.2) is 9.59 Å². The van der Waals surface area contributed by atoms with E-state index in [0.717, 1.165) is 5.94 Å². The highest BCUT2D eigenvalue weighted by Gasteiger charge is 1.77. The van der Waals surface area contributed by atoms with Crippen LogP contribution in [0.5, 0.6) is 0 Å². The molecule has 3 nitrogen and oxygen atoms in total. The zero-order chi connectivity index (χ0) is 5.70. The van der Waals surface area contributed by atoms with Crippen molar-refractivity contribution >= 4 is 11.9 Å². The number of rotatable bonds is 1. The van der Waals surface area contributed by atoms with Crippen LogP contribution < -0.4 is 0 Å². The first-order valence-corrected chi connectivity index (χ1v) is 1.46. The molecule has 7 heavy (non-hydrogen) atoms. The predicted octanol–water partition coefficient (Wildman–Crippen LogP) is -0.386. The highest BCUT2D eigenvalue weighted by atomic mass is 16.4. The minimum Gasteiger partial charge on any atom is -0.478 e. The summed E-state index contributed by atoms with van der Waals surface area (Å²) in [4.78, 5) is 18.6. The van der Waals surface area contributed by atoms with E-state index in [1.54, 1.807) is 5.73 Å². The quantitative estimate of drug-likeness (QED) is 0.276. The second-order valence-corrected chi connectivity index (χ2v) is 0.729. The molecule has 1 N–H and O–H groups in total. The summed E-state index contributed by atoms with van der Waals surface area (Å²) in [7, 11) is 0. The largest absolute Gasteiger partial charge is 0.478 e. The molecule has 0 aliphatic heterocycles. The van der Waals surface area contributed by atoms with Gasteiger partial charge in [-0.15, -0.1) is 0 Å². The first kappa shape index (κ1) is 5.70. The number of carboxylic acids is 1. The molecule has 0 saturated carbocycles. The summed E-state index contributed by atoms with van der Waals surface area (Å²) >= 11 is 0. The summed E-state index contributed by atoms with van der Waals surface area (Å²) in [5, 5.41) is 7.75. The Morgan fingerprint density at radius 2 is 2.29 bits per heavy atom. The predicted molar refractivity (Wildman–Crippen MR) is 21.4 cm³/mol. The van der Waals surface area contributed by atoms with E-state index in [0.29, 0.717) is 6.08 Å². The van der Waals surface area contributed by atoms with Gasteiger partial charge in [-0.05, 0) is 5.73 Å². The normalized spacial score (nSPS) is 5.71. The van der Waals surface area contributed by atoms with Gasteiger partial charge in [0.2, 0.25) is 0 Å². The average molecular weight is 98.1 g/mol. The molecular formula is C4H2O3. The Hall–Kier alpha value is -1.30. The summed E-state index contributed by atoms with van der Waals surface area (Å²) in [6, 6.07) is 0. The van der Waals surface area contributed by atoms with Crippen molar-refractivity contribution in [1.82, 2.24) is 0 Å². The average Bonchev–Trinajstić information content (AvgIpc) is 1.61. The molecule has 0 rings (SSSR count). The van der Waals surface area contributed by atoms with Crippen molar-refractivity contribution in [1.29, 1.82) is 0 Å². The van der Waals surface area contributed by atoms with Gasteiger partial charge in [0.15, 0.2) is 5.94 Å². The van der Waals surface area contributed by atoms with E-state index in [1.165, 1.54) is 0 Å². The Bertz CT molecular complexity index is 146. The fourth-order valence-electron chi connectivity index (χ4n) is 0.0912. The van der Waals surface area contributed by atoms with Crippen LogP contribution in [-0.2, 0) is 9.59 Å². The van der Waals surface area contributed by atoms with Gasteiger partial charge in [-0.3, -0.25) is 0 Å². The maximum Gasteiger partial charge on any atom is 0.336 e. The van der Waals surface area contributed by atoms with Crippen LogP contribution in [0.15, 0.2) is 11.8 Å². The molecule has 3 heteroatoms. The molecule has 0 saturated heterocycles. The second-order valence-electron chi connectivity index (χ2n) is 0.729. The van der Waals surface area contributed by atoms with Gasteiger partial charge in [0.1, 0.15) is 0 Å². The standard InChI is InChI=1S/C4H2O3/c5-3-1-2-4(6)7/h2H,(H,6,7). The topological polar surface area (TPSA) is 54.4 Å². The monoisotopic (exact) mass is 98.0 g/mol.